The van der Waals surface area contributed by atoms with Crippen molar-refractivity contribution in [3.8, 4) is 16.9 Å². The molecule has 0 spiro atoms. The Bertz CT molecular complexity index is 1030. The van der Waals surface area contributed by atoms with Crippen LogP contribution in [0.2, 0.25) is 0 Å². The van der Waals surface area contributed by atoms with Gasteiger partial charge in [-0.3, -0.25) is 0 Å². The number of ether oxygens (including phenoxy) is 1. The average molecular weight is 443 g/mol. The molecule has 3 aromatic rings. The van der Waals surface area contributed by atoms with Gasteiger partial charge in [0.2, 0.25) is 0 Å². The summed E-state index contributed by atoms with van der Waals surface area (Å²) in [4.78, 5) is 13.4. The third-order valence-corrected chi connectivity index (χ3v) is 6.35. The van der Waals surface area contributed by atoms with Crippen molar-refractivity contribution in [3.05, 3.63) is 89.0 Å². The topological polar surface area (TPSA) is 26.3 Å². The summed E-state index contributed by atoms with van der Waals surface area (Å²) in [6.07, 6.45) is 10.4. The molecule has 0 heterocycles. The number of carbonyl (C=O) groups is 1. The molecule has 0 bridgehead atoms. The smallest absolute Gasteiger partial charge is 0.344 e. The molecule has 0 saturated carbocycles. The SMILES string of the molecule is CCCCCCCc1ccccc1-c1ccccc1C(=O)Oc1cccc(C)c1CCCC. The average Bonchev–Trinajstić information content (AvgIpc) is 2.84. The first kappa shape index (κ1) is 24.8. The van der Waals surface area contributed by atoms with Gasteiger partial charge in [0.15, 0.2) is 0 Å². The van der Waals surface area contributed by atoms with E-state index in [1.54, 1.807) is 0 Å². The Hall–Kier alpha value is -2.87. The van der Waals surface area contributed by atoms with Gasteiger partial charge in [-0.2, -0.15) is 0 Å². The number of rotatable bonds is 12. The van der Waals surface area contributed by atoms with Gasteiger partial charge in [0.05, 0.1) is 5.56 Å². The lowest BCUT2D eigenvalue weighted by Crippen LogP contribution is -2.12. The van der Waals surface area contributed by atoms with E-state index >= 15 is 0 Å². The molecule has 33 heavy (non-hydrogen) atoms. The van der Waals surface area contributed by atoms with Gasteiger partial charge in [-0.05, 0) is 72.6 Å². The third-order valence-electron chi connectivity index (χ3n) is 6.35. The first-order valence-corrected chi connectivity index (χ1v) is 12.6. The van der Waals surface area contributed by atoms with Crippen molar-refractivity contribution in [3.63, 3.8) is 0 Å². The molecule has 3 rings (SSSR count). The highest BCUT2D eigenvalue weighted by Crippen LogP contribution is 2.31. The Morgan fingerprint density at radius 1 is 0.697 bits per heavy atom. The van der Waals surface area contributed by atoms with Crippen molar-refractivity contribution in [2.45, 2.75) is 78.6 Å². The first-order chi connectivity index (χ1) is 16.2. The fourth-order valence-corrected chi connectivity index (χ4v) is 4.42. The van der Waals surface area contributed by atoms with E-state index in [9.17, 15) is 4.79 Å². The maximum absolute atomic E-state index is 13.4. The van der Waals surface area contributed by atoms with E-state index in [2.05, 4.69) is 51.1 Å². The molecule has 0 aliphatic heterocycles. The Morgan fingerprint density at radius 3 is 2.18 bits per heavy atom. The summed E-state index contributed by atoms with van der Waals surface area (Å²) in [5.41, 5.74) is 6.32. The van der Waals surface area contributed by atoms with E-state index in [-0.39, 0.29) is 5.97 Å². The van der Waals surface area contributed by atoms with Crippen molar-refractivity contribution >= 4 is 5.97 Å². The van der Waals surface area contributed by atoms with Gasteiger partial charge in [0.1, 0.15) is 5.75 Å². The van der Waals surface area contributed by atoms with Crippen molar-refractivity contribution < 1.29 is 9.53 Å². The molecule has 0 fully saturated rings. The molecular weight excluding hydrogens is 404 g/mol. The zero-order valence-corrected chi connectivity index (χ0v) is 20.5. The number of unbranched alkanes of at least 4 members (excludes halogenated alkanes) is 5. The molecule has 3 aromatic carbocycles. The minimum Gasteiger partial charge on any atom is -0.423 e. The maximum atomic E-state index is 13.4. The van der Waals surface area contributed by atoms with Crippen LogP contribution in [0, 0.1) is 6.92 Å². The minimum absolute atomic E-state index is 0.285. The maximum Gasteiger partial charge on any atom is 0.344 e. The van der Waals surface area contributed by atoms with Crippen LogP contribution in [0.1, 0.15) is 85.8 Å². The summed E-state index contributed by atoms with van der Waals surface area (Å²) >= 11 is 0. The first-order valence-electron chi connectivity index (χ1n) is 12.6. The number of carbonyl (C=O) groups excluding carboxylic acids is 1. The third kappa shape index (κ3) is 6.81. The molecular formula is C31H38O2. The van der Waals surface area contributed by atoms with E-state index in [0.29, 0.717) is 11.3 Å². The number of esters is 1. The predicted octanol–water partition coefficient (Wildman–Crippen LogP) is 8.74. The van der Waals surface area contributed by atoms with E-state index < -0.39 is 0 Å². The zero-order valence-electron chi connectivity index (χ0n) is 20.5. The van der Waals surface area contributed by atoms with Crippen LogP contribution >= 0.6 is 0 Å². The Balaban J connectivity index is 1.85. The van der Waals surface area contributed by atoms with Gasteiger partial charge in [0.25, 0.3) is 0 Å². The van der Waals surface area contributed by atoms with E-state index in [1.165, 1.54) is 43.2 Å². The summed E-state index contributed by atoms with van der Waals surface area (Å²) in [7, 11) is 0. The summed E-state index contributed by atoms with van der Waals surface area (Å²) in [6, 6.07) is 22.3. The zero-order chi connectivity index (χ0) is 23.5. The summed E-state index contributed by atoms with van der Waals surface area (Å²) in [6.45, 7) is 6.52. The van der Waals surface area contributed by atoms with Crippen molar-refractivity contribution in [2.24, 2.45) is 0 Å². The molecule has 0 unspecified atom stereocenters. The highest BCUT2D eigenvalue weighted by atomic mass is 16.5. The van der Waals surface area contributed by atoms with Crippen molar-refractivity contribution in [1.29, 1.82) is 0 Å². The normalized spacial score (nSPS) is 10.9. The fraction of sp³-hybridized carbons (Fsp3) is 0.387. The second-order valence-corrected chi connectivity index (χ2v) is 8.91. The molecule has 174 valence electrons. The molecule has 0 amide bonds. The van der Waals surface area contributed by atoms with Gasteiger partial charge in [-0.1, -0.05) is 101 Å². The monoisotopic (exact) mass is 442 g/mol. The van der Waals surface area contributed by atoms with E-state index in [0.717, 1.165) is 42.4 Å². The number of hydrogen-bond acceptors (Lipinski definition) is 2. The second-order valence-electron chi connectivity index (χ2n) is 8.91. The van der Waals surface area contributed by atoms with Crippen molar-refractivity contribution in [1.82, 2.24) is 0 Å². The number of aryl methyl sites for hydroxylation is 2. The molecule has 0 atom stereocenters. The quantitative estimate of drug-likeness (QED) is 0.159. The van der Waals surface area contributed by atoms with Crippen LogP contribution in [0.3, 0.4) is 0 Å². The van der Waals surface area contributed by atoms with Crippen LogP contribution in [-0.4, -0.2) is 5.97 Å². The standard InChI is InChI=1S/C31H38O2/c1-4-6-8-9-10-17-25-18-11-12-20-27(25)28-21-13-14-22-29(28)31(32)33-30-23-15-16-24(3)26(30)19-7-5-2/h11-16,18,20-23H,4-10,17,19H2,1-3H3. The highest BCUT2D eigenvalue weighted by molar-refractivity contribution is 5.99. The molecule has 0 aromatic heterocycles. The molecule has 2 heteroatoms. The van der Waals surface area contributed by atoms with Crippen molar-refractivity contribution in [2.75, 3.05) is 0 Å². The summed E-state index contributed by atoms with van der Waals surface area (Å²) < 4.78 is 6.00. The fourth-order valence-electron chi connectivity index (χ4n) is 4.42. The molecule has 0 aliphatic carbocycles. The van der Waals surface area contributed by atoms with Gasteiger partial charge in [-0.15, -0.1) is 0 Å². The van der Waals surface area contributed by atoms with Gasteiger partial charge >= 0.3 is 5.97 Å². The molecule has 0 aliphatic rings. The van der Waals surface area contributed by atoms with Gasteiger partial charge in [0, 0.05) is 0 Å². The van der Waals surface area contributed by atoms with Crippen LogP contribution in [0.5, 0.6) is 5.75 Å². The predicted molar refractivity (Wildman–Crippen MR) is 139 cm³/mol. The molecule has 0 radical (unpaired) electrons. The molecule has 2 nitrogen and oxygen atoms in total. The van der Waals surface area contributed by atoms with Gasteiger partial charge < -0.3 is 4.74 Å². The van der Waals surface area contributed by atoms with Gasteiger partial charge in [-0.25, -0.2) is 4.79 Å². The number of benzene rings is 3. The van der Waals surface area contributed by atoms with Crippen LogP contribution in [0.4, 0.5) is 0 Å². The Morgan fingerprint density at radius 2 is 1.39 bits per heavy atom. The highest BCUT2D eigenvalue weighted by Gasteiger charge is 2.18. The lowest BCUT2D eigenvalue weighted by atomic mass is 9.92. The molecule has 0 saturated heterocycles. The molecule has 0 N–H and O–H groups in total. The Kier molecular flexibility index (Phi) is 9.75. The van der Waals surface area contributed by atoms with E-state index in [1.807, 2.05) is 36.4 Å². The number of hydrogen-bond donors (Lipinski definition) is 0. The lowest BCUT2D eigenvalue weighted by Gasteiger charge is -2.16. The van der Waals surface area contributed by atoms with Crippen LogP contribution < -0.4 is 4.74 Å². The largest absolute Gasteiger partial charge is 0.423 e. The Labute approximate surface area is 200 Å². The van der Waals surface area contributed by atoms with Crippen LogP contribution in [0.15, 0.2) is 66.7 Å². The summed E-state index contributed by atoms with van der Waals surface area (Å²) in [5.74, 6) is 0.402. The summed E-state index contributed by atoms with van der Waals surface area (Å²) in [5, 5.41) is 0. The van der Waals surface area contributed by atoms with Crippen LogP contribution in [0.25, 0.3) is 11.1 Å². The van der Waals surface area contributed by atoms with Crippen LogP contribution in [-0.2, 0) is 12.8 Å². The second kappa shape index (κ2) is 13.0. The minimum atomic E-state index is -0.285. The lowest BCUT2D eigenvalue weighted by molar-refractivity contribution is 0.0734. The van der Waals surface area contributed by atoms with E-state index in [4.69, 9.17) is 4.74 Å².